The highest BCUT2D eigenvalue weighted by atomic mass is 127. The number of halogens is 2. The molecule has 0 spiro atoms. The fourth-order valence-corrected chi connectivity index (χ4v) is 2.12. The van der Waals surface area contributed by atoms with Crippen molar-refractivity contribution in [3.8, 4) is 0 Å². The van der Waals surface area contributed by atoms with Crippen molar-refractivity contribution >= 4 is 45.8 Å². The molecule has 20 heavy (non-hydrogen) atoms. The van der Waals surface area contributed by atoms with E-state index in [2.05, 4.69) is 10.3 Å². The molecule has 1 aromatic carbocycles. The zero-order chi connectivity index (χ0) is 14.7. The number of carbonyl (C=O) groups excluding carboxylic acids is 1. The molecular weight excluding hydrogens is 393 g/mol. The van der Waals surface area contributed by atoms with Crippen LogP contribution in [0.3, 0.4) is 0 Å². The van der Waals surface area contributed by atoms with Crippen LogP contribution in [0.2, 0.25) is 5.02 Å². The van der Waals surface area contributed by atoms with Crippen LogP contribution in [0.25, 0.3) is 0 Å². The molecule has 1 aromatic heterocycles. The molecule has 0 saturated heterocycles. The Balaban J connectivity index is 2.11. The van der Waals surface area contributed by atoms with E-state index in [0.717, 1.165) is 0 Å². The molecule has 0 saturated carbocycles. The molecule has 0 aliphatic heterocycles. The van der Waals surface area contributed by atoms with Gasteiger partial charge >= 0.3 is 0 Å². The Bertz CT molecular complexity index is 698. The van der Waals surface area contributed by atoms with Crippen molar-refractivity contribution in [3.05, 3.63) is 55.2 Å². The van der Waals surface area contributed by atoms with Gasteiger partial charge in [0.15, 0.2) is 0 Å². The molecule has 2 rings (SSSR count). The van der Waals surface area contributed by atoms with Gasteiger partial charge in [-0.1, -0.05) is 11.6 Å². The highest BCUT2D eigenvalue weighted by molar-refractivity contribution is 14.1. The van der Waals surface area contributed by atoms with Crippen molar-refractivity contribution in [3.63, 3.8) is 0 Å². The Hall–Kier alpha value is -1.41. The zero-order valence-electron chi connectivity index (χ0n) is 10.6. The van der Waals surface area contributed by atoms with E-state index in [1.54, 1.807) is 31.2 Å². The van der Waals surface area contributed by atoms with Crippen LogP contribution in [0.15, 0.2) is 35.4 Å². The summed E-state index contributed by atoms with van der Waals surface area (Å²) in [6.45, 7) is 1.67. The van der Waals surface area contributed by atoms with E-state index in [1.165, 1.54) is 10.9 Å². The van der Waals surface area contributed by atoms with Gasteiger partial charge in [0.2, 0.25) is 5.91 Å². The molecule has 0 unspecified atom stereocenters. The number of aryl methyl sites for hydroxylation is 1. The van der Waals surface area contributed by atoms with E-state index in [0.29, 0.717) is 20.0 Å². The van der Waals surface area contributed by atoms with Crippen LogP contribution in [-0.4, -0.2) is 15.5 Å². The average molecular weight is 404 g/mol. The van der Waals surface area contributed by atoms with Gasteiger partial charge in [-0.25, -0.2) is 4.98 Å². The first-order valence-corrected chi connectivity index (χ1v) is 7.20. The van der Waals surface area contributed by atoms with Gasteiger partial charge in [-0.15, -0.1) is 0 Å². The maximum Gasteiger partial charge on any atom is 0.267 e. The largest absolute Gasteiger partial charge is 0.325 e. The van der Waals surface area contributed by atoms with Gasteiger partial charge in [0.05, 0.1) is 15.6 Å². The second kappa shape index (κ2) is 6.36. The Labute approximate surface area is 134 Å². The van der Waals surface area contributed by atoms with Crippen LogP contribution in [0.4, 0.5) is 5.69 Å². The summed E-state index contributed by atoms with van der Waals surface area (Å²) in [4.78, 5) is 27.9. The number of amides is 1. The van der Waals surface area contributed by atoms with Crippen LogP contribution in [-0.2, 0) is 11.3 Å². The lowest BCUT2D eigenvalue weighted by Gasteiger charge is -2.08. The number of nitrogens with zero attached hydrogens (tertiary/aromatic N) is 2. The van der Waals surface area contributed by atoms with E-state index in [1.807, 2.05) is 22.6 Å². The lowest BCUT2D eigenvalue weighted by Crippen LogP contribution is -2.29. The summed E-state index contributed by atoms with van der Waals surface area (Å²) in [6.07, 6.45) is 1.38. The molecule has 0 fully saturated rings. The van der Waals surface area contributed by atoms with Crippen molar-refractivity contribution in [2.24, 2.45) is 0 Å². The molecule has 104 valence electrons. The molecule has 1 N–H and O–H groups in total. The third-order valence-electron chi connectivity index (χ3n) is 2.60. The van der Waals surface area contributed by atoms with Gasteiger partial charge in [0, 0.05) is 10.7 Å². The number of rotatable bonds is 3. The number of hydrogen-bond donors (Lipinski definition) is 1. The quantitative estimate of drug-likeness (QED) is 0.801. The Morgan fingerprint density at radius 2 is 2.05 bits per heavy atom. The first-order valence-electron chi connectivity index (χ1n) is 5.74. The van der Waals surface area contributed by atoms with Crippen molar-refractivity contribution < 1.29 is 4.79 Å². The lowest BCUT2D eigenvalue weighted by atomic mass is 10.3. The third kappa shape index (κ3) is 3.57. The van der Waals surface area contributed by atoms with Gasteiger partial charge < -0.3 is 5.32 Å². The van der Waals surface area contributed by atoms with E-state index in [-0.39, 0.29) is 18.0 Å². The molecule has 0 radical (unpaired) electrons. The Morgan fingerprint density at radius 1 is 1.40 bits per heavy atom. The molecule has 1 heterocycles. The molecule has 0 aliphatic rings. The van der Waals surface area contributed by atoms with Crippen molar-refractivity contribution in [2.45, 2.75) is 13.5 Å². The minimum Gasteiger partial charge on any atom is -0.325 e. The molecule has 7 heteroatoms. The molecule has 0 atom stereocenters. The second-order valence-electron chi connectivity index (χ2n) is 4.13. The van der Waals surface area contributed by atoms with E-state index < -0.39 is 0 Å². The van der Waals surface area contributed by atoms with Gasteiger partial charge in [0.25, 0.3) is 5.56 Å². The average Bonchev–Trinajstić information content (AvgIpc) is 2.42. The van der Waals surface area contributed by atoms with Gasteiger partial charge in [-0.2, -0.15) is 0 Å². The summed E-state index contributed by atoms with van der Waals surface area (Å²) in [5.74, 6) is -0.295. The van der Waals surface area contributed by atoms with Crippen molar-refractivity contribution in [2.75, 3.05) is 5.32 Å². The van der Waals surface area contributed by atoms with E-state index in [4.69, 9.17) is 11.6 Å². The molecule has 2 aromatic rings. The van der Waals surface area contributed by atoms with Crippen LogP contribution in [0.5, 0.6) is 0 Å². The first kappa shape index (κ1) is 15.0. The predicted octanol–water partition coefficient (Wildman–Crippen LogP) is 2.45. The summed E-state index contributed by atoms with van der Waals surface area (Å²) >= 11 is 7.69. The van der Waals surface area contributed by atoms with Gasteiger partial charge in [-0.3, -0.25) is 14.2 Å². The van der Waals surface area contributed by atoms with Crippen LogP contribution in [0.1, 0.15) is 5.69 Å². The highest BCUT2D eigenvalue weighted by Gasteiger charge is 2.09. The number of carbonyl (C=O) groups is 1. The number of benzene rings is 1. The second-order valence-corrected chi connectivity index (χ2v) is 5.65. The highest BCUT2D eigenvalue weighted by Crippen LogP contribution is 2.13. The topological polar surface area (TPSA) is 64.0 Å². The minimum atomic E-state index is -0.295. The summed E-state index contributed by atoms with van der Waals surface area (Å²) in [5, 5.41) is 3.29. The standard InChI is InChI=1S/C13H11ClIN3O2/c1-8-12(15)13(20)18(7-16-8)6-11(19)17-10-4-2-9(14)3-5-10/h2-5,7H,6H2,1H3,(H,17,19). The van der Waals surface area contributed by atoms with Crippen LogP contribution in [0, 0.1) is 10.5 Å². The number of nitrogens with one attached hydrogen (secondary N) is 1. The SMILES string of the molecule is Cc1ncn(CC(=O)Nc2ccc(Cl)cc2)c(=O)c1I. The van der Waals surface area contributed by atoms with Crippen LogP contribution < -0.4 is 10.9 Å². The fourth-order valence-electron chi connectivity index (χ4n) is 1.55. The maximum absolute atomic E-state index is 11.9. The molecule has 1 amide bonds. The summed E-state index contributed by atoms with van der Waals surface area (Å²) < 4.78 is 1.80. The Kier molecular flexibility index (Phi) is 4.77. The minimum absolute atomic E-state index is 0.0786. The van der Waals surface area contributed by atoms with Crippen LogP contribution >= 0.6 is 34.2 Å². The monoisotopic (exact) mass is 403 g/mol. The molecule has 0 aliphatic carbocycles. The zero-order valence-corrected chi connectivity index (χ0v) is 13.5. The van der Waals surface area contributed by atoms with E-state index in [9.17, 15) is 9.59 Å². The normalized spacial score (nSPS) is 10.3. The summed E-state index contributed by atoms with van der Waals surface area (Å²) in [6, 6.07) is 6.75. The molecular formula is C13H11ClIN3O2. The predicted molar refractivity (Wildman–Crippen MR) is 86.0 cm³/mol. The third-order valence-corrected chi connectivity index (χ3v) is 4.09. The number of hydrogen-bond acceptors (Lipinski definition) is 3. The summed E-state index contributed by atoms with van der Waals surface area (Å²) in [5.41, 5.74) is 1.07. The molecule has 0 bridgehead atoms. The maximum atomic E-state index is 11.9. The summed E-state index contributed by atoms with van der Waals surface area (Å²) in [7, 11) is 0. The van der Waals surface area contributed by atoms with Crippen molar-refractivity contribution in [1.29, 1.82) is 0 Å². The van der Waals surface area contributed by atoms with Crippen molar-refractivity contribution in [1.82, 2.24) is 9.55 Å². The first-order chi connectivity index (χ1) is 9.47. The molecule has 5 nitrogen and oxygen atoms in total. The number of anilines is 1. The van der Waals surface area contributed by atoms with Gasteiger partial charge in [-0.05, 0) is 53.8 Å². The smallest absolute Gasteiger partial charge is 0.267 e. The fraction of sp³-hybridized carbons (Fsp3) is 0.154. The Morgan fingerprint density at radius 3 is 2.70 bits per heavy atom. The van der Waals surface area contributed by atoms with Gasteiger partial charge in [0.1, 0.15) is 6.54 Å². The van der Waals surface area contributed by atoms with E-state index >= 15 is 0 Å². The number of aromatic nitrogens is 2. The lowest BCUT2D eigenvalue weighted by molar-refractivity contribution is -0.116.